The van der Waals surface area contributed by atoms with Crippen LogP contribution in [0.3, 0.4) is 0 Å². The van der Waals surface area contributed by atoms with Crippen LogP contribution in [0.2, 0.25) is 0 Å². The molecule has 0 aliphatic heterocycles. The van der Waals surface area contributed by atoms with E-state index in [4.69, 9.17) is 5.73 Å². The van der Waals surface area contributed by atoms with E-state index in [1.54, 1.807) is 35.0 Å². The summed E-state index contributed by atoms with van der Waals surface area (Å²) in [4.78, 5) is 4.98. The van der Waals surface area contributed by atoms with Gasteiger partial charge < -0.3 is 5.73 Å². The SMILES string of the molecule is CCSc1cnn(-c2ccncc2)c1N. The lowest BCUT2D eigenvalue weighted by molar-refractivity contribution is 0.888. The molecule has 0 saturated heterocycles. The molecule has 2 aromatic heterocycles. The van der Waals surface area contributed by atoms with Gasteiger partial charge in [-0.2, -0.15) is 5.10 Å². The molecule has 0 aliphatic rings. The van der Waals surface area contributed by atoms with E-state index in [2.05, 4.69) is 17.0 Å². The fourth-order valence-corrected chi connectivity index (χ4v) is 1.97. The van der Waals surface area contributed by atoms with Crippen molar-refractivity contribution in [2.24, 2.45) is 0 Å². The number of aromatic nitrogens is 3. The van der Waals surface area contributed by atoms with Crippen LogP contribution in [0, 0.1) is 0 Å². The Kier molecular flexibility index (Phi) is 2.91. The predicted octanol–water partition coefficient (Wildman–Crippen LogP) is 1.96. The first-order chi connectivity index (χ1) is 7.33. The van der Waals surface area contributed by atoms with Gasteiger partial charge in [0.05, 0.1) is 16.8 Å². The number of pyridine rings is 1. The Labute approximate surface area is 92.5 Å². The summed E-state index contributed by atoms with van der Waals surface area (Å²) in [5.41, 5.74) is 6.92. The number of nitrogens with zero attached hydrogens (tertiary/aromatic N) is 3. The fourth-order valence-electron chi connectivity index (χ4n) is 1.30. The molecule has 78 valence electrons. The summed E-state index contributed by atoms with van der Waals surface area (Å²) in [6.45, 7) is 2.09. The molecule has 2 aromatic rings. The minimum Gasteiger partial charge on any atom is -0.383 e. The Morgan fingerprint density at radius 1 is 1.40 bits per heavy atom. The topological polar surface area (TPSA) is 56.7 Å². The number of hydrogen-bond acceptors (Lipinski definition) is 4. The number of nitrogens with two attached hydrogens (primary N) is 1. The maximum absolute atomic E-state index is 5.98. The van der Waals surface area contributed by atoms with Crippen LogP contribution >= 0.6 is 11.8 Å². The fraction of sp³-hybridized carbons (Fsp3) is 0.200. The van der Waals surface area contributed by atoms with Crippen LogP contribution in [0.4, 0.5) is 5.82 Å². The molecule has 0 aromatic carbocycles. The molecule has 0 saturated carbocycles. The molecule has 0 unspecified atom stereocenters. The van der Waals surface area contributed by atoms with Crippen LogP contribution in [0.1, 0.15) is 6.92 Å². The predicted molar refractivity (Wildman–Crippen MR) is 62.2 cm³/mol. The Hall–Kier alpha value is -1.49. The zero-order valence-electron chi connectivity index (χ0n) is 8.42. The molecule has 2 N–H and O–H groups in total. The first kappa shape index (κ1) is 10.0. The molecule has 15 heavy (non-hydrogen) atoms. The molecule has 0 fully saturated rings. The lowest BCUT2D eigenvalue weighted by Gasteiger charge is -2.03. The quantitative estimate of drug-likeness (QED) is 0.803. The minimum atomic E-state index is 0.688. The maximum atomic E-state index is 5.98. The van der Waals surface area contributed by atoms with Crippen molar-refractivity contribution >= 4 is 17.6 Å². The molecule has 5 heteroatoms. The molecule has 0 atom stereocenters. The summed E-state index contributed by atoms with van der Waals surface area (Å²) >= 11 is 1.69. The van der Waals surface area contributed by atoms with E-state index in [1.165, 1.54) is 0 Å². The van der Waals surface area contributed by atoms with Crippen LogP contribution in [-0.2, 0) is 0 Å². The molecule has 4 nitrogen and oxygen atoms in total. The van der Waals surface area contributed by atoms with Crippen LogP contribution in [0.5, 0.6) is 0 Å². The molecule has 2 rings (SSSR count). The second-order valence-electron chi connectivity index (χ2n) is 2.94. The highest BCUT2D eigenvalue weighted by Gasteiger charge is 2.07. The average Bonchev–Trinajstić information content (AvgIpc) is 2.63. The third kappa shape index (κ3) is 1.97. The largest absolute Gasteiger partial charge is 0.383 e. The van der Waals surface area contributed by atoms with E-state index in [9.17, 15) is 0 Å². The van der Waals surface area contributed by atoms with Gasteiger partial charge in [-0.05, 0) is 17.9 Å². The van der Waals surface area contributed by atoms with Gasteiger partial charge in [-0.25, -0.2) is 4.68 Å². The smallest absolute Gasteiger partial charge is 0.140 e. The summed E-state index contributed by atoms with van der Waals surface area (Å²) in [5, 5.41) is 4.25. The lowest BCUT2D eigenvalue weighted by Crippen LogP contribution is -2.01. The first-order valence-corrected chi connectivity index (χ1v) is 5.68. The van der Waals surface area contributed by atoms with Crippen molar-refractivity contribution in [1.29, 1.82) is 0 Å². The van der Waals surface area contributed by atoms with Crippen molar-refractivity contribution in [2.75, 3.05) is 11.5 Å². The molecular weight excluding hydrogens is 208 g/mol. The minimum absolute atomic E-state index is 0.688. The highest BCUT2D eigenvalue weighted by Crippen LogP contribution is 2.25. The van der Waals surface area contributed by atoms with Gasteiger partial charge in [-0.1, -0.05) is 6.92 Å². The molecule has 0 bridgehead atoms. The Bertz CT molecular complexity index is 438. The summed E-state index contributed by atoms with van der Waals surface area (Å²) in [6.07, 6.45) is 5.25. The zero-order valence-corrected chi connectivity index (χ0v) is 9.24. The van der Waals surface area contributed by atoms with Crippen molar-refractivity contribution in [3.8, 4) is 5.69 Å². The number of rotatable bonds is 3. The zero-order chi connectivity index (χ0) is 10.7. The maximum Gasteiger partial charge on any atom is 0.140 e. The summed E-state index contributed by atoms with van der Waals surface area (Å²) in [6, 6.07) is 3.76. The third-order valence-corrected chi connectivity index (χ3v) is 2.89. The second kappa shape index (κ2) is 4.35. The van der Waals surface area contributed by atoms with Crippen LogP contribution in [0.15, 0.2) is 35.6 Å². The number of thioether (sulfide) groups is 1. The van der Waals surface area contributed by atoms with E-state index in [0.29, 0.717) is 5.82 Å². The van der Waals surface area contributed by atoms with Crippen molar-refractivity contribution in [1.82, 2.24) is 14.8 Å². The van der Waals surface area contributed by atoms with Crippen molar-refractivity contribution in [3.63, 3.8) is 0 Å². The van der Waals surface area contributed by atoms with E-state index in [0.717, 1.165) is 16.3 Å². The van der Waals surface area contributed by atoms with E-state index >= 15 is 0 Å². The molecule has 2 heterocycles. The Morgan fingerprint density at radius 2 is 2.13 bits per heavy atom. The standard InChI is InChI=1S/C10H12N4S/c1-2-15-9-7-13-14(10(9)11)8-3-5-12-6-4-8/h3-7H,2,11H2,1H3. The molecule has 0 radical (unpaired) electrons. The molecule has 0 spiro atoms. The summed E-state index contributed by atoms with van der Waals surface area (Å²) in [7, 11) is 0. The van der Waals surface area contributed by atoms with Crippen molar-refractivity contribution < 1.29 is 0 Å². The Morgan fingerprint density at radius 3 is 2.80 bits per heavy atom. The van der Waals surface area contributed by atoms with Crippen LogP contribution < -0.4 is 5.73 Å². The van der Waals surface area contributed by atoms with Gasteiger partial charge >= 0.3 is 0 Å². The number of nitrogen functional groups attached to an aromatic ring is 1. The van der Waals surface area contributed by atoms with Crippen LogP contribution in [0.25, 0.3) is 5.69 Å². The third-order valence-electron chi connectivity index (χ3n) is 1.98. The monoisotopic (exact) mass is 220 g/mol. The van der Waals surface area contributed by atoms with Gasteiger partial charge in [-0.3, -0.25) is 4.98 Å². The van der Waals surface area contributed by atoms with Gasteiger partial charge in [0.1, 0.15) is 5.82 Å². The van der Waals surface area contributed by atoms with Gasteiger partial charge in [0.2, 0.25) is 0 Å². The van der Waals surface area contributed by atoms with Gasteiger partial charge in [0, 0.05) is 12.4 Å². The highest BCUT2D eigenvalue weighted by molar-refractivity contribution is 7.99. The highest BCUT2D eigenvalue weighted by atomic mass is 32.2. The summed E-state index contributed by atoms with van der Waals surface area (Å²) in [5.74, 6) is 1.68. The number of hydrogen-bond donors (Lipinski definition) is 1. The molecule has 0 aliphatic carbocycles. The summed E-state index contributed by atoms with van der Waals surface area (Å²) < 4.78 is 1.72. The first-order valence-electron chi connectivity index (χ1n) is 4.69. The van der Waals surface area contributed by atoms with Crippen molar-refractivity contribution in [3.05, 3.63) is 30.7 Å². The van der Waals surface area contributed by atoms with Crippen molar-refractivity contribution in [2.45, 2.75) is 11.8 Å². The van der Waals surface area contributed by atoms with E-state index in [1.807, 2.05) is 12.1 Å². The van der Waals surface area contributed by atoms with Gasteiger partial charge in [-0.15, -0.1) is 11.8 Å². The molecular formula is C10H12N4S. The lowest BCUT2D eigenvalue weighted by atomic mass is 10.4. The average molecular weight is 220 g/mol. The second-order valence-corrected chi connectivity index (χ2v) is 4.25. The van der Waals surface area contributed by atoms with Gasteiger partial charge in [0.15, 0.2) is 0 Å². The van der Waals surface area contributed by atoms with E-state index < -0.39 is 0 Å². The van der Waals surface area contributed by atoms with E-state index in [-0.39, 0.29) is 0 Å². The normalized spacial score (nSPS) is 10.5. The van der Waals surface area contributed by atoms with Crippen LogP contribution in [-0.4, -0.2) is 20.5 Å². The number of anilines is 1. The van der Waals surface area contributed by atoms with Gasteiger partial charge in [0.25, 0.3) is 0 Å². The molecule has 0 amide bonds. The Balaban J connectivity index is 2.38.